The molecule has 0 spiro atoms. The van der Waals surface area contributed by atoms with Crippen LogP contribution in [0.15, 0.2) is 42.7 Å². The molecule has 3 heteroatoms. The average Bonchev–Trinajstić information content (AvgIpc) is 2.85. The van der Waals surface area contributed by atoms with E-state index in [0.717, 1.165) is 42.3 Å². The van der Waals surface area contributed by atoms with Crippen LogP contribution in [0.2, 0.25) is 0 Å². The van der Waals surface area contributed by atoms with Gasteiger partial charge in [-0.3, -0.25) is 4.98 Å². The fourth-order valence-electron chi connectivity index (χ4n) is 4.19. The van der Waals surface area contributed by atoms with Crippen molar-refractivity contribution in [2.75, 3.05) is 13.2 Å². The molecule has 0 N–H and O–H groups in total. The van der Waals surface area contributed by atoms with E-state index in [4.69, 9.17) is 9.47 Å². The number of unbranched alkanes of at least 4 members (excludes halogenated alkanes) is 10. The molecule has 1 atom stereocenters. The standard InChI is InChI=1S/C30H47NO2/c1-4-6-8-10-11-12-13-17-23-32-30-24-31-22-21-28(30)27-19-15-16-20-29(27)33-25-26(3)18-14-9-7-5-2/h15-16,19-22,24,26H,4-14,17-18,23,25H2,1-3H3. The topological polar surface area (TPSA) is 31.4 Å². The summed E-state index contributed by atoms with van der Waals surface area (Å²) in [6.07, 6.45) is 20.6. The van der Waals surface area contributed by atoms with E-state index in [-0.39, 0.29) is 0 Å². The highest BCUT2D eigenvalue weighted by Crippen LogP contribution is 2.36. The summed E-state index contributed by atoms with van der Waals surface area (Å²) in [5.74, 6) is 2.34. The lowest BCUT2D eigenvalue weighted by atomic mass is 10.0. The summed E-state index contributed by atoms with van der Waals surface area (Å²) in [6, 6.07) is 10.4. The van der Waals surface area contributed by atoms with Gasteiger partial charge in [0.05, 0.1) is 19.4 Å². The molecule has 0 aliphatic heterocycles. The number of pyridine rings is 1. The van der Waals surface area contributed by atoms with Gasteiger partial charge < -0.3 is 9.47 Å². The number of rotatable bonds is 19. The molecular formula is C30H47NO2. The summed E-state index contributed by atoms with van der Waals surface area (Å²) in [4.78, 5) is 4.31. The monoisotopic (exact) mass is 453 g/mol. The molecule has 0 aliphatic carbocycles. The normalized spacial score (nSPS) is 12.0. The number of aromatic nitrogens is 1. The molecule has 1 heterocycles. The van der Waals surface area contributed by atoms with E-state index >= 15 is 0 Å². The van der Waals surface area contributed by atoms with Crippen LogP contribution < -0.4 is 9.47 Å². The number of nitrogens with zero attached hydrogens (tertiary/aromatic N) is 1. The van der Waals surface area contributed by atoms with Crippen LogP contribution in [0.25, 0.3) is 11.1 Å². The first-order chi connectivity index (χ1) is 16.3. The van der Waals surface area contributed by atoms with Crippen LogP contribution in [0.1, 0.15) is 104 Å². The van der Waals surface area contributed by atoms with E-state index in [1.165, 1.54) is 77.0 Å². The van der Waals surface area contributed by atoms with Crippen molar-refractivity contribution < 1.29 is 9.47 Å². The molecule has 0 radical (unpaired) electrons. The van der Waals surface area contributed by atoms with Gasteiger partial charge in [-0.15, -0.1) is 0 Å². The SMILES string of the molecule is CCCCCCCCCCOc1cnccc1-c1ccccc1OCC(C)CCCCCC. The fourth-order valence-corrected chi connectivity index (χ4v) is 4.19. The first kappa shape index (κ1) is 27.2. The molecule has 0 saturated heterocycles. The van der Waals surface area contributed by atoms with Gasteiger partial charge in [-0.05, 0) is 30.9 Å². The summed E-state index contributed by atoms with van der Waals surface area (Å²) in [5, 5.41) is 0. The molecule has 2 aromatic rings. The van der Waals surface area contributed by atoms with Gasteiger partial charge in [0.25, 0.3) is 0 Å². The Morgan fingerprint density at radius 1 is 0.697 bits per heavy atom. The Hall–Kier alpha value is -2.03. The number of benzene rings is 1. The van der Waals surface area contributed by atoms with Gasteiger partial charge >= 0.3 is 0 Å². The smallest absolute Gasteiger partial charge is 0.145 e. The Morgan fingerprint density at radius 3 is 2.09 bits per heavy atom. The molecule has 3 nitrogen and oxygen atoms in total. The van der Waals surface area contributed by atoms with Crippen molar-refractivity contribution in [3.8, 4) is 22.6 Å². The second-order valence-electron chi connectivity index (χ2n) is 9.46. The molecule has 33 heavy (non-hydrogen) atoms. The highest BCUT2D eigenvalue weighted by molar-refractivity contribution is 5.75. The third-order valence-corrected chi connectivity index (χ3v) is 6.29. The van der Waals surface area contributed by atoms with E-state index in [0.29, 0.717) is 5.92 Å². The molecule has 0 aliphatic rings. The summed E-state index contributed by atoms with van der Waals surface area (Å²) >= 11 is 0. The maximum atomic E-state index is 6.29. The zero-order valence-corrected chi connectivity index (χ0v) is 21.5. The molecule has 2 rings (SSSR count). The van der Waals surface area contributed by atoms with Crippen LogP contribution in [0.5, 0.6) is 11.5 Å². The van der Waals surface area contributed by atoms with Gasteiger partial charge in [-0.25, -0.2) is 0 Å². The number of hydrogen-bond acceptors (Lipinski definition) is 3. The molecule has 0 bridgehead atoms. The molecular weight excluding hydrogens is 406 g/mol. The maximum absolute atomic E-state index is 6.29. The summed E-state index contributed by atoms with van der Waals surface area (Å²) in [7, 11) is 0. The molecule has 184 valence electrons. The predicted molar refractivity (Wildman–Crippen MR) is 141 cm³/mol. The zero-order valence-electron chi connectivity index (χ0n) is 21.5. The zero-order chi connectivity index (χ0) is 23.6. The summed E-state index contributed by atoms with van der Waals surface area (Å²) in [6.45, 7) is 8.31. The van der Waals surface area contributed by atoms with Gasteiger partial charge in [-0.1, -0.05) is 110 Å². The third-order valence-electron chi connectivity index (χ3n) is 6.29. The highest BCUT2D eigenvalue weighted by Gasteiger charge is 2.13. The third kappa shape index (κ3) is 11.1. The Balaban J connectivity index is 1.85. The minimum absolute atomic E-state index is 0.560. The Bertz CT molecular complexity index is 746. The van der Waals surface area contributed by atoms with Crippen molar-refractivity contribution >= 4 is 0 Å². The molecule has 0 fully saturated rings. The van der Waals surface area contributed by atoms with Gasteiger partial charge in [0, 0.05) is 17.3 Å². The lowest BCUT2D eigenvalue weighted by Gasteiger charge is -2.17. The van der Waals surface area contributed by atoms with Gasteiger partial charge in [0.15, 0.2) is 0 Å². The predicted octanol–water partition coefficient (Wildman–Crippen LogP) is 9.25. The first-order valence-corrected chi connectivity index (χ1v) is 13.5. The van der Waals surface area contributed by atoms with E-state index in [9.17, 15) is 0 Å². The van der Waals surface area contributed by atoms with Crippen LogP contribution in [0, 0.1) is 5.92 Å². The van der Waals surface area contributed by atoms with Crippen LogP contribution in [0.4, 0.5) is 0 Å². The minimum Gasteiger partial charge on any atom is -0.493 e. The van der Waals surface area contributed by atoms with Gasteiger partial charge in [-0.2, -0.15) is 0 Å². The van der Waals surface area contributed by atoms with Crippen LogP contribution in [-0.2, 0) is 0 Å². The van der Waals surface area contributed by atoms with Crippen molar-refractivity contribution in [1.29, 1.82) is 0 Å². The van der Waals surface area contributed by atoms with E-state index < -0.39 is 0 Å². The van der Waals surface area contributed by atoms with Gasteiger partial charge in [0.2, 0.25) is 0 Å². The first-order valence-electron chi connectivity index (χ1n) is 13.5. The van der Waals surface area contributed by atoms with E-state index in [1.54, 1.807) is 0 Å². The van der Waals surface area contributed by atoms with Crippen molar-refractivity contribution in [2.45, 2.75) is 104 Å². The second kappa shape index (κ2) is 17.4. The summed E-state index contributed by atoms with van der Waals surface area (Å²) < 4.78 is 12.5. The Morgan fingerprint density at radius 2 is 1.33 bits per heavy atom. The van der Waals surface area contributed by atoms with Crippen LogP contribution in [0.3, 0.4) is 0 Å². The van der Waals surface area contributed by atoms with E-state index in [1.807, 2.05) is 24.5 Å². The Kier molecular flexibility index (Phi) is 14.4. The molecule has 1 aromatic carbocycles. The molecule has 1 unspecified atom stereocenters. The van der Waals surface area contributed by atoms with E-state index in [2.05, 4.69) is 44.0 Å². The number of hydrogen-bond donors (Lipinski definition) is 0. The largest absolute Gasteiger partial charge is 0.493 e. The quantitative estimate of drug-likeness (QED) is 0.199. The molecule has 1 aromatic heterocycles. The van der Waals surface area contributed by atoms with Crippen molar-refractivity contribution in [2.24, 2.45) is 5.92 Å². The highest BCUT2D eigenvalue weighted by atomic mass is 16.5. The van der Waals surface area contributed by atoms with Crippen LogP contribution in [-0.4, -0.2) is 18.2 Å². The van der Waals surface area contributed by atoms with Crippen molar-refractivity contribution in [3.05, 3.63) is 42.7 Å². The minimum atomic E-state index is 0.560. The number of para-hydroxylation sites is 1. The molecule has 0 amide bonds. The maximum Gasteiger partial charge on any atom is 0.145 e. The van der Waals surface area contributed by atoms with Crippen molar-refractivity contribution in [3.63, 3.8) is 0 Å². The second-order valence-corrected chi connectivity index (χ2v) is 9.46. The average molecular weight is 454 g/mol. The summed E-state index contributed by atoms with van der Waals surface area (Å²) in [5.41, 5.74) is 2.15. The Labute approximate surface area is 203 Å². The van der Waals surface area contributed by atoms with Crippen molar-refractivity contribution in [1.82, 2.24) is 4.98 Å². The lowest BCUT2D eigenvalue weighted by molar-refractivity contribution is 0.249. The van der Waals surface area contributed by atoms with Crippen LogP contribution >= 0.6 is 0 Å². The lowest BCUT2D eigenvalue weighted by Crippen LogP contribution is -2.09. The molecule has 0 saturated carbocycles. The number of ether oxygens (including phenoxy) is 2. The fraction of sp³-hybridized carbons (Fsp3) is 0.633. The van der Waals surface area contributed by atoms with Gasteiger partial charge in [0.1, 0.15) is 11.5 Å².